The molecule has 3 heterocycles. The summed E-state index contributed by atoms with van der Waals surface area (Å²) in [5.41, 5.74) is 0.821. The number of aliphatic carboxylic acids is 1. The molecule has 2 fully saturated rings. The van der Waals surface area contributed by atoms with Crippen molar-refractivity contribution in [2.75, 3.05) is 44.7 Å². The minimum atomic E-state index is -5.08. The number of carbonyl (C=O) groups is 2. The molecule has 32 heavy (non-hydrogen) atoms. The van der Waals surface area contributed by atoms with Crippen molar-refractivity contribution < 1.29 is 27.9 Å². The minimum Gasteiger partial charge on any atom is -0.475 e. The smallest absolute Gasteiger partial charge is 0.475 e. The number of piperazine rings is 1. The Hall–Kier alpha value is -2.43. The average molecular weight is 460 g/mol. The molecule has 11 heteroatoms. The van der Waals surface area contributed by atoms with Crippen LogP contribution in [0.15, 0.2) is 12.4 Å². The number of aryl methyl sites for hydroxylation is 1. The topological polar surface area (TPSA) is 89.9 Å². The van der Waals surface area contributed by atoms with Gasteiger partial charge >= 0.3 is 12.1 Å². The van der Waals surface area contributed by atoms with E-state index in [0.717, 1.165) is 63.5 Å². The van der Waals surface area contributed by atoms with Crippen molar-refractivity contribution in [2.45, 2.75) is 51.7 Å². The van der Waals surface area contributed by atoms with Crippen molar-refractivity contribution >= 4 is 17.8 Å². The molecule has 2 saturated heterocycles. The Morgan fingerprint density at radius 1 is 1.16 bits per heavy atom. The highest BCUT2D eigenvalue weighted by Crippen LogP contribution is 2.34. The van der Waals surface area contributed by atoms with Crippen molar-refractivity contribution in [3.63, 3.8) is 0 Å². The highest BCUT2D eigenvalue weighted by atomic mass is 19.4. The summed E-state index contributed by atoms with van der Waals surface area (Å²) in [6.45, 7) is 11.0. The molecule has 0 saturated carbocycles. The maximum atomic E-state index is 13.1. The van der Waals surface area contributed by atoms with Gasteiger partial charge in [-0.3, -0.25) is 9.69 Å². The molecular weight excluding hydrogens is 427 g/mol. The van der Waals surface area contributed by atoms with Crippen molar-refractivity contribution in [1.29, 1.82) is 0 Å². The number of alkyl halides is 3. The van der Waals surface area contributed by atoms with Crippen LogP contribution in [0.4, 0.5) is 19.1 Å². The molecule has 1 aromatic rings. The third-order valence-corrected chi connectivity index (χ3v) is 5.86. The maximum absolute atomic E-state index is 13.1. The monoisotopic (exact) mass is 459 g/mol. The van der Waals surface area contributed by atoms with Crippen LogP contribution in [0.1, 0.15) is 39.2 Å². The van der Waals surface area contributed by atoms with E-state index in [1.165, 1.54) is 0 Å². The van der Waals surface area contributed by atoms with Gasteiger partial charge in [-0.2, -0.15) is 13.2 Å². The fraction of sp³-hybridized carbons (Fsp3) is 0.714. The Morgan fingerprint density at radius 2 is 1.69 bits per heavy atom. The molecule has 1 N–H and O–H groups in total. The van der Waals surface area contributed by atoms with Crippen LogP contribution in [-0.2, 0) is 16.0 Å². The Morgan fingerprint density at radius 3 is 2.12 bits per heavy atom. The standard InChI is InChI=1S/C19H31N5O.C2HF3O2/c1-5-16-12-20-18(21-13-16)23-8-6-19(7-9-23)17(25)22(4)10-11-24(19)14-15(2)3;3-2(4,5)1(6)7/h12-13,15H,5-11,14H2,1-4H3;(H,6,7). The molecule has 1 aromatic heterocycles. The Balaban J connectivity index is 0.000000451. The van der Waals surface area contributed by atoms with Gasteiger partial charge in [0.2, 0.25) is 11.9 Å². The minimum absolute atomic E-state index is 0.293. The summed E-state index contributed by atoms with van der Waals surface area (Å²) in [4.78, 5) is 37.6. The van der Waals surface area contributed by atoms with Crippen LogP contribution in [-0.4, -0.2) is 88.2 Å². The quantitative estimate of drug-likeness (QED) is 0.740. The summed E-state index contributed by atoms with van der Waals surface area (Å²) < 4.78 is 31.7. The van der Waals surface area contributed by atoms with E-state index in [2.05, 4.69) is 40.5 Å². The fourth-order valence-corrected chi connectivity index (χ4v) is 4.08. The SMILES string of the molecule is CCc1cnc(N2CCC3(CC2)C(=O)N(C)CCN3CC(C)C)nc1.O=C(O)C(F)(F)F. The molecule has 180 valence electrons. The molecule has 0 aliphatic carbocycles. The molecule has 0 radical (unpaired) electrons. The van der Waals surface area contributed by atoms with E-state index in [1.54, 1.807) is 0 Å². The fourth-order valence-electron chi connectivity index (χ4n) is 4.08. The zero-order valence-electron chi connectivity index (χ0n) is 19.0. The van der Waals surface area contributed by atoms with Crippen molar-refractivity contribution in [3.05, 3.63) is 18.0 Å². The maximum Gasteiger partial charge on any atom is 0.490 e. The number of carboxylic acids is 1. The Labute approximate surface area is 186 Å². The third-order valence-electron chi connectivity index (χ3n) is 5.86. The molecule has 8 nitrogen and oxygen atoms in total. The zero-order valence-corrected chi connectivity index (χ0v) is 19.0. The first-order valence-corrected chi connectivity index (χ1v) is 10.8. The van der Waals surface area contributed by atoms with Crippen LogP contribution in [0, 0.1) is 5.92 Å². The number of piperidine rings is 1. The summed E-state index contributed by atoms with van der Waals surface area (Å²) in [7, 11) is 1.94. The number of amides is 1. The number of carbonyl (C=O) groups excluding carboxylic acids is 1. The highest BCUT2D eigenvalue weighted by Gasteiger charge is 2.50. The second-order valence-corrected chi connectivity index (χ2v) is 8.63. The highest BCUT2D eigenvalue weighted by molar-refractivity contribution is 5.87. The van der Waals surface area contributed by atoms with E-state index in [4.69, 9.17) is 9.90 Å². The van der Waals surface area contributed by atoms with Crippen LogP contribution in [0.25, 0.3) is 0 Å². The first kappa shape index (κ1) is 25.8. The van der Waals surface area contributed by atoms with Gasteiger partial charge in [0.25, 0.3) is 0 Å². The number of hydrogen-bond acceptors (Lipinski definition) is 6. The van der Waals surface area contributed by atoms with Gasteiger partial charge in [-0.05, 0) is 30.7 Å². The second kappa shape index (κ2) is 10.5. The van der Waals surface area contributed by atoms with Crippen molar-refractivity contribution in [2.24, 2.45) is 5.92 Å². The van der Waals surface area contributed by atoms with E-state index in [1.807, 2.05) is 24.3 Å². The van der Waals surface area contributed by atoms with Gasteiger partial charge in [-0.15, -0.1) is 0 Å². The second-order valence-electron chi connectivity index (χ2n) is 8.63. The van der Waals surface area contributed by atoms with E-state index >= 15 is 0 Å². The molecule has 2 aliphatic heterocycles. The molecule has 2 aliphatic rings. The largest absolute Gasteiger partial charge is 0.490 e. The van der Waals surface area contributed by atoms with E-state index < -0.39 is 12.1 Å². The van der Waals surface area contributed by atoms with Gasteiger partial charge in [-0.1, -0.05) is 20.8 Å². The number of nitrogens with zero attached hydrogens (tertiary/aromatic N) is 5. The lowest BCUT2D eigenvalue weighted by Crippen LogP contribution is -2.68. The molecule has 1 amide bonds. The van der Waals surface area contributed by atoms with Gasteiger partial charge in [-0.25, -0.2) is 14.8 Å². The van der Waals surface area contributed by atoms with Crippen molar-refractivity contribution in [3.8, 4) is 0 Å². The number of likely N-dealkylation sites (N-methyl/N-ethyl adjacent to an activating group) is 1. The van der Waals surface area contributed by atoms with Crippen LogP contribution < -0.4 is 4.90 Å². The lowest BCUT2D eigenvalue weighted by Gasteiger charge is -2.52. The van der Waals surface area contributed by atoms with Crippen molar-refractivity contribution in [1.82, 2.24) is 19.8 Å². The summed E-state index contributed by atoms with van der Waals surface area (Å²) in [6.07, 6.45) is 1.40. The van der Waals surface area contributed by atoms with Crippen LogP contribution >= 0.6 is 0 Å². The van der Waals surface area contributed by atoms with Gasteiger partial charge < -0.3 is 14.9 Å². The van der Waals surface area contributed by atoms with Crippen LogP contribution in [0.3, 0.4) is 0 Å². The summed E-state index contributed by atoms with van der Waals surface area (Å²) in [5, 5.41) is 7.12. The summed E-state index contributed by atoms with van der Waals surface area (Å²) >= 11 is 0. The molecule has 0 atom stereocenters. The van der Waals surface area contributed by atoms with E-state index in [9.17, 15) is 18.0 Å². The lowest BCUT2D eigenvalue weighted by molar-refractivity contribution is -0.192. The summed E-state index contributed by atoms with van der Waals surface area (Å²) in [5.74, 6) is -1.11. The molecular formula is C21H32F3N5O3. The zero-order chi connectivity index (χ0) is 24.1. The normalized spacial score (nSPS) is 19.2. The van der Waals surface area contributed by atoms with Crippen LogP contribution in [0.5, 0.6) is 0 Å². The average Bonchev–Trinajstić information content (AvgIpc) is 2.74. The van der Waals surface area contributed by atoms with E-state index in [-0.39, 0.29) is 5.54 Å². The Kier molecular flexibility index (Phi) is 8.44. The number of rotatable bonds is 4. The molecule has 3 rings (SSSR count). The lowest BCUT2D eigenvalue weighted by atomic mass is 9.82. The molecule has 0 unspecified atom stereocenters. The third kappa shape index (κ3) is 6.08. The number of carboxylic acid groups (broad SMARTS) is 1. The first-order chi connectivity index (χ1) is 14.9. The van der Waals surface area contributed by atoms with Crippen LogP contribution in [0.2, 0.25) is 0 Å². The van der Waals surface area contributed by atoms with Gasteiger partial charge in [0, 0.05) is 52.2 Å². The predicted octanol–water partition coefficient (Wildman–Crippen LogP) is 2.44. The van der Waals surface area contributed by atoms with E-state index in [0.29, 0.717) is 11.8 Å². The number of aromatic nitrogens is 2. The predicted molar refractivity (Wildman–Crippen MR) is 113 cm³/mol. The number of halogens is 3. The Bertz CT molecular complexity index is 778. The molecule has 0 aromatic carbocycles. The number of hydrogen-bond donors (Lipinski definition) is 1. The molecule has 1 spiro atoms. The van der Waals surface area contributed by atoms with Gasteiger partial charge in [0.05, 0.1) is 0 Å². The number of anilines is 1. The van der Waals surface area contributed by atoms with Gasteiger partial charge in [0.1, 0.15) is 5.54 Å². The summed E-state index contributed by atoms with van der Waals surface area (Å²) in [6, 6.07) is 0. The first-order valence-electron chi connectivity index (χ1n) is 10.8. The van der Waals surface area contributed by atoms with Gasteiger partial charge in [0.15, 0.2) is 0 Å². The molecule has 0 bridgehead atoms.